The van der Waals surface area contributed by atoms with E-state index in [1.54, 1.807) is 0 Å². The van der Waals surface area contributed by atoms with Gasteiger partial charge in [-0.1, -0.05) is 30.3 Å². The molecule has 1 aromatic rings. The maximum absolute atomic E-state index is 12.2. The van der Waals surface area contributed by atoms with Crippen molar-refractivity contribution in [3.8, 4) is 0 Å². The summed E-state index contributed by atoms with van der Waals surface area (Å²) in [7, 11) is 0. The molecule has 0 aliphatic carbocycles. The van der Waals surface area contributed by atoms with Gasteiger partial charge in [0.25, 0.3) is 0 Å². The van der Waals surface area contributed by atoms with Crippen LogP contribution in [0.2, 0.25) is 0 Å². The SMILES string of the molecule is CC(C)(C)OC(=O)N1CCC(N2CCC(Cc3ccccc3)CC2)CC1. The van der Waals surface area contributed by atoms with Crippen molar-refractivity contribution in [3.05, 3.63) is 35.9 Å². The van der Waals surface area contributed by atoms with Crippen LogP contribution in [0.5, 0.6) is 0 Å². The molecule has 1 amide bonds. The molecule has 4 nitrogen and oxygen atoms in total. The highest BCUT2D eigenvalue weighted by Gasteiger charge is 2.31. The number of benzene rings is 1. The summed E-state index contributed by atoms with van der Waals surface area (Å²) in [6, 6.07) is 11.5. The Morgan fingerprint density at radius 2 is 1.62 bits per heavy atom. The molecule has 0 aromatic heterocycles. The van der Waals surface area contributed by atoms with Gasteiger partial charge in [-0.25, -0.2) is 4.79 Å². The van der Waals surface area contributed by atoms with E-state index in [0.29, 0.717) is 6.04 Å². The van der Waals surface area contributed by atoms with Crippen molar-refractivity contribution in [3.63, 3.8) is 0 Å². The highest BCUT2D eigenvalue weighted by Crippen LogP contribution is 2.26. The first-order valence-corrected chi connectivity index (χ1v) is 10.2. The topological polar surface area (TPSA) is 32.8 Å². The highest BCUT2D eigenvalue weighted by atomic mass is 16.6. The Morgan fingerprint density at radius 3 is 2.19 bits per heavy atom. The molecule has 0 saturated carbocycles. The van der Waals surface area contributed by atoms with Crippen molar-refractivity contribution in [2.45, 2.75) is 64.5 Å². The summed E-state index contributed by atoms with van der Waals surface area (Å²) in [5, 5.41) is 0. The Kier molecular flexibility index (Phi) is 6.23. The molecule has 3 rings (SSSR count). The zero-order valence-corrected chi connectivity index (χ0v) is 16.6. The van der Waals surface area contributed by atoms with Gasteiger partial charge in [0.05, 0.1) is 0 Å². The maximum atomic E-state index is 12.2. The summed E-state index contributed by atoms with van der Waals surface area (Å²) in [4.78, 5) is 16.7. The van der Waals surface area contributed by atoms with Crippen LogP contribution in [0.4, 0.5) is 4.79 Å². The van der Waals surface area contributed by atoms with E-state index in [-0.39, 0.29) is 6.09 Å². The smallest absolute Gasteiger partial charge is 0.410 e. The van der Waals surface area contributed by atoms with Crippen molar-refractivity contribution < 1.29 is 9.53 Å². The standard InChI is InChI=1S/C22H34N2O2/c1-22(2,3)26-21(25)24-15-11-20(12-16-24)23-13-9-19(10-14-23)17-18-7-5-4-6-8-18/h4-8,19-20H,9-17H2,1-3H3. The first kappa shape index (κ1) is 19.2. The van der Waals surface area contributed by atoms with E-state index in [1.807, 2.05) is 25.7 Å². The van der Waals surface area contributed by atoms with Gasteiger partial charge in [-0.15, -0.1) is 0 Å². The molecule has 0 spiro atoms. The van der Waals surface area contributed by atoms with Gasteiger partial charge < -0.3 is 14.5 Å². The number of carbonyl (C=O) groups excluding carboxylic acids is 1. The fourth-order valence-corrected chi connectivity index (χ4v) is 4.21. The van der Waals surface area contributed by atoms with E-state index in [9.17, 15) is 4.79 Å². The summed E-state index contributed by atoms with van der Waals surface area (Å²) in [6.07, 6.45) is 5.79. The molecule has 2 aliphatic heterocycles. The Bertz CT molecular complexity index is 566. The molecule has 144 valence electrons. The van der Waals surface area contributed by atoms with Crippen molar-refractivity contribution in [1.82, 2.24) is 9.80 Å². The molecule has 0 bridgehead atoms. The Hall–Kier alpha value is -1.55. The lowest BCUT2D eigenvalue weighted by Crippen LogP contribution is -2.49. The van der Waals surface area contributed by atoms with E-state index in [1.165, 1.54) is 37.9 Å². The molecule has 2 aliphatic rings. The number of likely N-dealkylation sites (tertiary alicyclic amines) is 2. The maximum Gasteiger partial charge on any atom is 0.410 e. The fraction of sp³-hybridized carbons (Fsp3) is 0.682. The third-order valence-corrected chi connectivity index (χ3v) is 5.65. The molecular weight excluding hydrogens is 324 g/mol. The summed E-state index contributed by atoms with van der Waals surface area (Å²) in [5.74, 6) is 0.815. The molecular formula is C22H34N2O2. The van der Waals surface area contributed by atoms with Gasteiger partial charge in [-0.3, -0.25) is 0 Å². The van der Waals surface area contributed by atoms with Gasteiger partial charge in [0.2, 0.25) is 0 Å². The fourth-order valence-electron chi connectivity index (χ4n) is 4.21. The molecule has 0 radical (unpaired) electrons. The van der Waals surface area contributed by atoms with Crippen LogP contribution in [0, 0.1) is 5.92 Å². The molecule has 0 unspecified atom stereocenters. The molecule has 26 heavy (non-hydrogen) atoms. The Balaban J connectivity index is 1.40. The third kappa shape index (κ3) is 5.47. The van der Waals surface area contributed by atoms with E-state index in [4.69, 9.17) is 4.74 Å². The normalized spacial score (nSPS) is 21.0. The first-order valence-electron chi connectivity index (χ1n) is 10.2. The number of ether oxygens (including phenoxy) is 1. The summed E-state index contributed by atoms with van der Waals surface area (Å²) in [6.45, 7) is 9.84. The second-order valence-corrected chi connectivity index (χ2v) is 8.87. The Labute approximate surface area is 158 Å². The minimum Gasteiger partial charge on any atom is -0.444 e. The highest BCUT2D eigenvalue weighted by molar-refractivity contribution is 5.68. The Morgan fingerprint density at radius 1 is 1.00 bits per heavy atom. The molecule has 1 aromatic carbocycles. The van der Waals surface area contributed by atoms with Crippen LogP contribution in [-0.2, 0) is 11.2 Å². The molecule has 2 saturated heterocycles. The predicted octanol–water partition coefficient (Wildman–Crippen LogP) is 4.34. The van der Waals surface area contributed by atoms with Gasteiger partial charge in [0, 0.05) is 19.1 Å². The van der Waals surface area contributed by atoms with Crippen LogP contribution in [-0.4, -0.2) is 53.7 Å². The van der Waals surface area contributed by atoms with Gasteiger partial charge in [0.1, 0.15) is 5.60 Å². The number of amides is 1. The average molecular weight is 359 g/mol. The third-order valence-electron chi connectivity index (χ3n) is 5.65. The van der Waals surface area contributed by atoms with Gasteiger partial charge in [-0.05, 0) is 77.4 Å². The van der Waals surface area contributed by atoms with Crippen molar-refractivity contribution >= 4 is 6.09 Å². The summed E-state index contributed by atoms with van der Waals surface area (Å²) in [5.41, 5.74) is 1.06. The minimum atomic E-state index is -0.408. The van der Waals surface area contributed by atoms with Crippen LogP contribution in [0.3, 0.4) is 0 Å². The zero-order chi connectivity index (χ0) is 18.6. The lowest BCUT2D eigenvalue weighted by atomic mass is 9.88. The van der Waals surface area contributed by atoms with Crippen LogP contribution >= 0.6 is 0 Å². The molecule has 0 N–H and O–H groups in total. The number of rotatable bonds is 3. The number of nitrogens with zero attached hydrogens (tertiary/aromatic N) is 2. The average Bonchev–Trinajstić information content (AvgIpc) is 2.62. The zero-order valence-electron chi connectivity index (χ0n) is 16.6. The number of hydrogen-bond donors (Lipinski definition) is 0. The number of carbonyl (C=O) groups is 1. The van der Waals surface area contributed by atoms with Crippen LogP contribution in [0.1, 0.15) is 52.0 Å². The molecule has 2 fully saturated rings. The number of hydrogen-bond acceptors (Lipinski definition) is 3. The van der Waals surface area contributed by atoms with E-state index in [2.05, 4.69) is 35.2 Å². The molecule has 0 atom stereocenters. The van der Waals surface area contributed by atoms with Gasteiger partial charge in [0.15, 0.2) is 0 Å². The lowest BCUT2D eigenvalue weighted by molar-refractivity contribution is 0.0119. The number of piperidine rings is 2. The monoisotopic (exact) mass is 358 g/mol. The predicted molar refractivity (Wildman–Crippen MR) is 105 cm³/mol. The second-order valence-electron chi connectivity index (χ2n) is 8.87. The molecule has 4 heteroatoms. The first-order chi connectivity index (χ1) is 12.4. The van der Waals surface area contributed by atoms with Crippen molar-refractivity contribution in [1.29, 1.82) is 0 Å². The summed E-state index contributed by atoms with van der Waals surface area (Å²) >= 11 is 0. The van der Waals surface area contributed by atoms with Crippen molar-refractivity contribution in [2.24, 2.45) is 5.92 Å². The lowest BCUT2D eigenvalue weighted by Gasteiger charge is -2.42. The van der Waals surface area contributed by atoms with E-state index in [0.717, 1.165) is 31.8 Å². The molecule has 2 heterocycles. The van der Waals surface area contributed by atoms with Crippen LogP contribution in [0.15, 0.2) is 30.3 Å². The largest absolute Gasteiger partial charge is 0.444 e. The van der Waals surface area contributed by atoms with Crippen molar-refractivity contribution in [2.75, 3.05) is 26.2 Å². The van der Waals surface area contributed by atoms with Crippen LogP contribution in [0.25, 0.3) is 0 Å². The van der Waals surface area contributed by atoms with Crippen LogP contribution < -0.4 is 0 Å². The van der Waals surface area contributed by atoms with Gasteiger partial charge >= 0.3 is 6.09 Å². The van der Waals surface area contributed by atoms with E-state index < -0.39 is 5.60 Å². The quantitative estimate of drug-likeness (QED) is 0.806. The second kappa shape index (κ2) is 8.43. The van der Waals surface area contributed by atoms with E-state index >= 15 is 0 Å². The van der Waals surface area contributed by atoms with Gasteiger partial charge in [-0.2, -0.15) is 0 Å². The summed E-state index contributed by atoms with van der Waals surface area (Å²) < 4.78 is 5.50. The minimum absolute atomic E-state index is 0.155.